The highest BCUT2D eigenvalue weighted by Crippen LogP contribution is 2.14. The summed E-state index contributed by atoms with van der Waals surface area (Å²) in [7, 11) is -3.37. The maximum absolute atomic E-state index is 12.7. The fourth-order valence-electron chi connectivity index (χ4n) is 2.10. The second-order valence-electron chi connectivity index (χ2n) is 4.70. The highest BCUT2D eigenvalue weighted by atomic mass is 32.2. The fraction of sp³-hybridized carbons (Fsp3) is 0.538. The number of benzene rings is 1. The van der Waals surface area contributed by atoms with Gasteiger partial charge in [-0.15, -0.1) is 0 Å². The lowest BCUT2D eigenvalue weighted by molar-refractivity contribution is 0.105. The Balaban J connectivity index is 1.79. The van der Waals surface area contributed by atoms with Crippen molar-refractivity contribution in [2.75, 3.05) is 13.2 Å². The Morgan fingerprint density at radius 2 is 2.05 bits per heavy atom. The monoisotopic (exact) mass is 287 g/mol. The molecule has 0 radical (unpaired) electrons. The van der Waals surface area contributed by atoms with Crippen LogP contribution in [0.15, 0.2) is 24.3 Å². The quantitative estimate of drug-likeness (QED) is 0.868. The number of nitrogens with one attached hydrogen (secondary N) is 1. The maximum Gasteiger partial charge on any atom is 0.215 e. The maximum atomic E-state index is 12.7. The number of hydrogen-bond donors (Lipinski definition) is 1. The average molecular weight is 287 g/mol. The Hall–Kier alpha value is -0.980. The minimum Gasteiger partial charge on any atom is -0.378 e. The third kappa shape index (κ3) is 4.89. The molecule has 6 heteroatoms. The van der Waals surface area contributed by atoms with E-state index in [1.165, 1.54) is 24.3 Å². The van der Waals surface area contributed by atoms with E-state index >= 15 is 0 Å². The van der Waals surface area contributed by atoms with E-state index in [1.54, 1.807) is 0 Å². The van der Waals surface area contributed by atoms with E-state index in [2.05, 4.69) is 4.72 Å². The first-order chi connectivity index (χ1) is 9.05. The van der Waals surface area contributed by atoms with E-state index in [-0.39, 0.29) is 17.7 Å². The fourth-order valence-corrected chi connectivity index (χ4v) is 3.26. The van der Waals surface area contributed by atoms with E-state index in [1.807, 2.05) is 0 Å². The summed E-state index contributed by atoms with van der Waals surface area (Å²) in [5.41, 5.74) is 0.575. The lowest BCUT2D eigenvalue weighted by atomic mass is 10.2. The summed E-state index contributed by atoms with van der Waals surface area (Å²) in [5.74, 6) is -0.494. The van der Waals surface area contributed by atoms with Gasteiger partial charge in [-0.3, -0.25) is 0 Å². The third-order valence-corrected chi connectivity index (χ3v) is 4.44. The number of hydrogen-bond acceptors (Lipinski definition) is 3. The molecule has 1 fully saturated rings. The second-order valence-corrected chi connectivity index (χ2v) is 6.51. The van der Waals surface area contributed by atoms with E-state index in [4.69, 9.17) is 4.74 Å². The van der Waals surface area contributed by atoms with Crippen molar-refractivity contribution in [3.63, 3.8) is 0 Å². The first-order valence-electron chi connectivity index (χ1n) is 6.38. The van der Waals surface area contributed by atoms with Crippen LogP contribution in [0, 0.1) is 5.82 Å². The molecule has 0 amide bonds. The average Bonchev–Trinajstić information content (AvgIpc) is 2.85. The van der Waals surface area contributed by atoms with E-state index in [0.717, 1.165) is 19.4 Å². The van der Waals surface area contributed by atoms with Gasteiger partial charge in [-0.2, -0.15) is 0 Å². The van der Waals surface area contributed by atoms with Gasteiger partial charge in [0, 0.05) is 13.2 Å². The summed E-state index contributed by atoms with van der Waals surface area (Å²) in [4.78, 5) is 0. The molecular weight excluding hydrogens is 269 g/mol. The van der Waals surface area contributed by atoms with Gasteiger partial charge in [-0.05, 0) is 37.0 Å². The molecule has 1 aromatic carbocycles. The van der Waals surface area contributed by atoms with Gasteiger partial charge < -0.3 is 4.74 Å². The van der Waals surface area contributed by atoms with Crippen LogP contribution in [-0.4, -0.2) is 27.7 Å². The zero-order valence-electron chi connectivity index (χ0n) is 10.6. The molecular formula is C13H18FNO3S. The Kier molecular flexibility index (Phi) is 4.90. The summed E-state index contributed by atoms with van der Waals surface area (Å²) in [6, 6.07) is 5.48. The molecule has 0 bridgehead atoms. The molecule has 1 aliphatic heterocycles. The van der Waals surface area contributed by atoms with Crippen molar-refractivity contribution >= 4 is 10.0 Å². The molecule has 1 atom stereocenters. The predicted octanol–water partition coefficient (Wildman–Crippen LogP) is 1.81. The van der Waals surface area contributed by atoms with Crippen LogP contribution in [0.5, 0.6) is 0 Å². The standard InChI is InChI=1S/C13H18FNO3S/c14-12-5-3-11(4-6-12)10-19(16,17)15-8-7-13-2-1-9-18-13/h3-6,13,15H,1-2,7-10H2. The molecule has 1 unspecified atom stereocenters. The second kappa shape index (κ2) is 6.45. The third-order valence-electron chi connectivity index (χ3n) is 3.08. The first kappa shape index (κ1) is 14.4. The van der Waals surface area contributed by atoms with Crippen LogP contribution in [0.25, 0.3) is 0 Å². The van der Waals surface area contributed by atoms with Gasteiger partial charge in [0.25, 0.3) is 0 Å². The molecule has 1 aliphatic rings. The minimum absolute atomic E-state index is 0.126. The number of rotatable bonds is 6. The van der Waals surface area contributed by atoms with Crippen LogP contribution in [0.2, 0.25) is 0 Å². The number of halogens is 1. The van der Waals surface area contributed by atoms with Gasteiger partial charge in [0.2, 0.25) is 10.0 Å². The van der Waals surface area contributed by atoms with Gasteiger partial charge in [0.05, 0.1) is 11.9 Å². The van der Waals surface area contributed by atoms with Crippen molar-refractivity contribution in [2.45, 2.75) is 31.1 Å². The van der Waals surface area contributed by atoms with Crippen molar-refractivity contribution < 1.29 is 17.5 Å². The molecule has 2 rings (SSSR count). The van der Waals surface area contributed by atoms with Crippen molar-refractivity contribution in [1.29, 1.82) is 0 Å². The molecule has 1 saturated heterocycles. The van der Waals surface area contributed by atoms with Gasteiger partial charge in [-0.1, -0.05) is 12.1 Å². The van der Waals surface area contributed by atoms with Gasteiger partial charge in [-0.25, -0.2) is 17.5 Å². The van der Waals surface area contributed by atoms with Crippen LogP contribution in [0.4, 0.5) is 4.39 Å². The molecule has 0 saturated carbocycles. The molecule has 0 aliphatic carbocycles. The molecule has 4 nitrogen and oxygen atoms in total. The zero-order valence-corrected chi connectivity index (χ0v) is 11.5. The lowest BCUT2D eigenvalue weighted by Crippen LogP contribution is -2.28. The van der Waals surface area contributed by atoms with Gasteiger partial charge >= 0.3 is 0 Å². The van der Waals surface area contributed by atoms with Crippen LogP contribution in [0.1, 0.15) is 24.8 Å². The number of sulfonamides is 1. The summed E-state index contributed by atoms with van der Waals surface area (Å²) in [5, 5.41) is 0. The molecule has 0 aromatic heterocycles. The lowest BCUT2D eigenvalue weighted by Gasteiger charge is -2.10. The van der Waals surface area contributed by atoms with Crippen molar-refractivity contribution in [1.82, 2.24) is 4.72 Å². The van der Waals surface area contributed by atoms with E-state index in [0.29, 0.717) is 18.5 Å². The molecule has 1 N–H and O–H groups in total. The molecule has 19 heavy (non-hydrogen) atoms. The van der Waals surface area contributed by atoms with Crippen LogP contribution in [-0.2, 0) is 20.5 Å². The minimum atomic E-state index is -3.37. The normalized spacial score (nSPS) is 19.7. The van der Waals surface area contributed by atoms with Crippen molar-refractivity contribution in [3.8, 4) is 0 Å². The van der Waals surface area contributed by atoms with Crippen molar-refractivity contribution in [3.05, 3.63) is 35.6 Å². The Labute approximate surface area is 113 Å². The first-order valence-corrected chi connectivity index (χ1v) is 8.04. The highest BCUT2D eigenvalue weighted by Gasteiger charge is 2.17. The predicted molar refractivity (Wildman–Crippen MR) is 70.6 cm³/mol. The Morgan fingerprint density at radius 1 is 1.32 bits per heavy atom. The zero-order chi connectivity index (χ0) is 13.7. The Bertz CT molecular complexity index is 495. The largest absolute Gasteiger partial charge is 0.378 e. The molecule has 1 heterocycles. The SMILES string of the molecule is O=S(=O)(Cc1ccc(F)cc1)NCCC1CCCO1. The van der Waals surface area contributed by atoms with Gasteiger partial charge in [0.15, 0.2) is 0 Å². The van der Waals surface area contributed by atoms with E-state index in [9.17, 15) is 12.8 Å². The summed E-state index contributed by atoms with van der Waals surface area (Å²) in [6.45, 7) is 1.15. The van der Waals surface area contributed by atoms with E-state index < -0.39 is 10.0 Å². The Morgan fingerprint density at radius 3 is 2.68 bits per heavy atom. The summed E-state index contributed by atoms with van der Waals surface area (Å²) < 4.78 is 44.3. The van der Waals surface area contributed by atoms with Crippen molar-refractivity contribution in [2.24, 2.45) is 0 Å². The number of ether oxygens (including phenoxy) is 1. The van der Waals surface area contributed by atoms with Crippen LogP contribution in [0.3, 0.4) is 0 Å². The smallest absolute Gasteiger partial charge is 0.215 e. The summed E-state index contributed by atoms with van der Waals surface area (Å²) >= 11 is 0. The molecule has 0 spiro atoms. The van der Waals surface area contributed by atoms with Crippen LogP contribution < -0.4 is 4.72 Å². The molecule has 1 aromatic rings. The highest BCUT2D eigenvalue weighted by molar-refractivity contribution is 7.88. The van der Waals surface area contributed by atoms with Gasteiger partial charge in [0.1, 0.15) is 5.82 Å². The summed E-state index contributed by atoms with van der Waals surface area (Å²) in [6.07, 6.45) is 2.92. The topological polar surface area (TPSA) is 55.4 Å². The van der Waals surface area contributed by atoms with Crippen LogP contribution >= 0.6 is 0 Å². The molecule has 106 valence electrons.